The van der Waals surface area contributed by atoms with Crippen LogP contribution in [0.1, 0.15) is 341 Å². The number of hydrogen-bond acceptors (Lipinski definition) is 3. The summed E-state index contributed by atoms with van der Waals surface area (Å²) in [6.07, 6.45) is 80.5. The predicted molar refractivity (Wildman–Crippen MR) is 299 cm³/mol. The number of aliphatic hydroxyl groups is 2. The maximum Gasteiger partial charge on any atom is 0.220 e. The standard InChI is InChI=1S/C63H121NO3/c1-3-5-7-9-11-13-15-17-19-21-23-25-27-29-30-31-32-33-34-35-36-38-40-42-44-46-48-50-52-54-56-58-62(66)61(60-65)64-63(67)59-57-55-53-51-49-47-45-43-41-39-37-28-26-24-22-20-18-16-14-12-10-8-6-4-2/h40,42,48,50,56,58,61-62,65-66H,3-39,41,43-47,49,51-55,57,59-60H2,1-2H3,(H,64,67)/b42-40+,50-48+,58-56+. The molecule has 67 heavy (non-hydrogen) atoms. The van der Waals surface area contributed by atoms with E-state index in [1.165, 1.54) is 283 Å². The molecule has 0 bridgehead atoms. The number of aliphatic hydroxyl groups excluding tert-OH is 2. The molecule has 396 valence electrons. The van der Waals surface area contributed by atoms with E-state index in [1.807, 2.05) is 6.08 Å². The lowest BCUT2D eigenvalue weighted by molar-refractivity contribution is -0.123. The highest BCUT2D eigenvalue weighted by Gasteiger charge is 2.18. The predicted octanol–water partition coefficient (Wildman–Crippen LogP) is 20.4. The fourth-order valence-corrected chi connectivity index (χ4v) is 9.69. The van der Waals surface area contributed by atoms with Crippen LogP contribution in [0.15, 0.2) is 36.5 Å². The molecule has 0 spiro atoms. The van der Waals surface area contributed by atoms with Gasteiger partial charge in [-0.25, -0.2) is 0 Å². The lowest BCUT2D eigenvalue weighted by Gasteiger charge is -2.19. The lowest BCUT2D eigenvalue weighted by atomic mass is 10.0. The molecule has 4 heteroatoms. The maximum absolute atomic E-state index is 12.5. The number of unbranched alkanes of at least 4 members (excludes halogenated alkanes) is 46. The molecule has 0 heterocycles. The van der Waals surface area contributed by atoms with Crippen LogP contribution >= 0.6 is 0 Å². The van der Waals surface area contributed by atoms with E-state index >= 15 is 0 Å². The second kappa shape index (κ2) is 58.9. The maximum atomic E-state index is 12.5. The molecule has 0 aliphatic rings. The summed E-state index contributed by atoms with van der Waals surface area (Å²) in [7, 11) is 0. The van der Waals surface area contributed by atoms with Gasteiger partial charge in [-0.15, -0.1) is 0 Å². The van der Waals surface area contributed by atoms with E-state index < -0.39 is 12.1 Å². The van der Waals surface area contributed by atoms with Gasteiger partial charge < -0.3 is 15.5 Å². The van der Waals surface area contributed by atoms with Gasteiger partial charge in [0.15, 0.2) is 0 Å². The van der Waals surface area contributed by atoms with Gasteiger partial charge in [0.25, 0.3) is 0 Å². The van der Waals surface area contributed by atoms with Crippen LogP contribution in [-0.4, -0.2) is 34.9 Å². The van der Waals surface area contributed by atoms with E-state index in [0.717, 1.165) is 38.5 Å². The number of hydrogen-bond donors (Lipinski definition) is 3. The summed E-state index contributed by atoms with van der Waals surface area (Å²) >= 11 is 0. The first-order valence-corrected chi connectivity index (χ1v) is 30.7. The molecule has 2 atom stereocenters. The third-order valence-electron chi connectivity index (χ3n) is 14.4. The van der Waals surface area contributed by atoms with Crippen molar-refractivity contribution in [2.75, 3.05) is 6.61 Å². The number of allylic oxidation sites excluding steroid dienone is 5. The lowest BCUT2D eigenvalue weighted by Crippen LogP contribution is -2.45. The average Bonchev–Trinajstić information content (AvgIpc) is 3.33. The SMILES string of the molecule is CCCCCCCCCCCCCCCCCCCCCCC/C=C/CC/C=C/CC/C=C/C(O)C(CO)NC(=O)CCCCCCCCCCCCCCCCCCCCCCCCCC. The molecular formula is C63H121NO3. The highest BCUT2D eigenvalue weighted by molar-refractivity contribution is 5.76. The third kappa shape index (κ3) is 55.4. The fourth-order valence-electron chi connectivity index (χ4n) is 9.69. The Morgan fingerprint density at radius 3 is 0.866 bits per heavy atom. The Balaban J connectivity index is 3.50. The van der Waals surface area contributed by atoms with Crippen LogP contribution in [0.2, 0.25) is 0 Å². The number of carbonyl (C=O) groups is 1. The van der Waals surface area contributed by atoms with Gasteiger partial charge in [-0.2, -0.15) is 0 Å². The summed E-state index contributed by atoms with van der Waals surface area (Å²) < 4.78 is 0. The zero-order chi connectivity index (χ0) is 48.5. The highest BCUT2D eigenvalue weighted by Crippen LogP contribution is 2.18. The van der Waals surface area contributed by atoms with E-state index in [0.29, 0.717) is 6.42 Å². The summed E-state index contributed by atoms with van der Waals surface area (Å²) in [4.78, 5) is 12.5. The first kappa shape index (κ1) is 65.6. The van der Waals surface area contributed by atoms with Gasteiger partial charge in [0.05, 0.1) is 18.8 Å². The molecule has 0 saturated heterocycles. The molecule has 0 aromatic carbocycles. The molecule has 0 aliphatic heterocycles. The van der Waals surface area contributed by atoms with Crippen molar-refractivity contribution >= 4 is 5.91 Å². The van der Waals surface area contributed by atoms with E-state index in [1.54, 1.807) is 6.08 Å². The van der Waals surface area contributed by atoms with Gasteiger partial charge in [0.2, 0.25) is 5.91 Å². The van der Waals surface area contributed by atoms with Gasteiger partial charge in [0, 0.05) is 6.42 Å². The second-order valence-electron chi connectivity index (χ2n) is 21.1. The van der Waals surface area contributed by atoms with Crippen molar-refractivity contribution in [3.05, 3.63) is 36.5 Å². The minimum atomic E-state index is -0.869. The van der Waals surface area contributed by atoms with Gasteiger partial charge >= 0.3 is 0 Å². The van der Waals surface area contributed by atoms with Crippen molar-refractivity contribution in [1.82, 2.24) is 5.32 Å². The summed E-state index contributed by atoms with van der Waals surface area (Å²) in [6.45, 7) is 4.34. The largest absolute Gasteiger partial charge is 0.394 e. The summed E-state index contributed by atoms with van der Waals surface area (Å²) in [5.41, 5.74) is 0. The fraction of sp³-hybridized carbons (Fsp3) is 0.889. The molecule has 0 aromatic rings. The van der Waals surface area contributed by atoms with Gasteiger partial charge in [-0.05, 0) is 44.9 Å². The van der Waals surface area contributed by atoms with Crippen LogP contribution in [0.3, 0.4) is 0 Å². The van der Waals surface area contributed by atoms with Crippen LogP contribution < -0.4 is 5.32 Å². The van der Waals surface area contributed by atoms with Gasteiger partial charge in [-0.3, -0.25) is 4.79 Å². The smallest absolute Gasteiger partial charge is 0.220 e. The van der Waals surface area contributed by atoms with Crippen LogP contribution in [0.25, 0.3) is 0 Å². The van der Waals surface area contributed by atoms with E-state index in [9.17, 15) is 15.0 Å². The minimum absolute atomic E-state index is 0.0711. The van der Waals surface area contributed by atoms with Gasteiger partial charge in [-0.1, -0.05) is 326 Å². The Labute approximate surface area is 421 Å². The van der Waals surface area contributed by atoms with Crippen LogP contribution in [0, 0.1) is 0 Å². The Morgan fingerprint density at radius 1 is 0.343 bits per heavy atom. The summed E-state index contributed by atoms with van der Waals surface area (Å²) in [5, 5.41) is 23.2. The molecule has 0 aromatic heterocycles. The molecule has 0 aliphatic carbocycles. The van der Waals surface area contributed by atoms with Crippen molar-refractivity contribution in [3.8, 4) is 0 Å². The van der Waals surface area contributed by atoms with Crippen LogP contribution in [-0.2, 0) is 4.79 Å². The van der Waals surface area contributed by atoms with Crippen molar-refractivity contribution in [2.24, 2.45) is 0 Å². The third-order valence-corrected chi connectivity index (χ3v) is 14.4. The van der Waals surface area contributed by atoms with E-state index in [2.05, 4.69) is 43.5 Å². The molecule has 0 fully saturated rings. The normalized spacial score (nSPS) is 13.0. The molecule has 1 amide bonds. The quantitative estimate of drug-likeness (QED) is 0.0420. The summed E-state index contributed by atoms with van der Waals surface area (Å²) in [6, 6.07) is -0.644. The van der Waals surface area contributed by atoms with Crippen LogP contribution in [0.4, 0.5) is 0 Å². The van der Waals surface area contributed by atoms with Crippen LogP contribution in [0.5, 0.6) is 0 Å². The van der Waals surface area contributed by atoms with E-state index in [-0.39, 0.29) is 12.5 Å². The van der Waals surface area contributed by atoms with E-state index in [4.69, 9.17) is 0 Å². The monoisotopic (exact) mass is 940 g/mol. The molecule has 2 unspecified atom stereocenters. The molecule has 3 N–H and O–H groups in total. The Bertz CT molecular complexity index is 1020. The topological polar surface area (TPSA) is 69.6 Å². The van der Waals surface area contributed by atoms with Crippen molar-refractivity contribution < 1.29 is 15.0 Å². The zero-order valence-electron chi connectivity index (χ0n) is 45.7. The zero-order valence-corrected chi connectivity index (χ0v) is 45.7. The first-order valence-electron chi connectivity index (χ1n) is 30.7. The highest BCUT2D eigenvalue weighted by atomic mass is 16.3. The number of rotatable bonds is 57. The Morgan fingerprint density at radius 2 is 0.582 bits per heavy atom. The molecular weight excluding hydrogens is 819 g/mol. The molecule has 4 nitrogen and oxygen atoms in total. The molecule has 0 saturated carbocycles. The minimum Gasteiger partial charge on any atom is -0.394 e. The van der Waals surface area contributed by atoms with Crippen molar-refractivity contribution in [3.63, 3.8) is 0 Å². The van der Waals surface area contributed by atoms with Crippen molar-refractivity contribution in [2.45, 2.75) is 353 Å². The molecule has 0 radical (unpaired) electrons. The second-order valence-corrected chi connectivity index (χ2v) is 21.1. The van der Waals surface area contributed by atoms with Gasteiger partial charge in [0.1, 0.15) is 0 Å². The first-order chi connectivity index (χ1) is 33.2. The Hall–Kier alpha value is -1.39. The molecule has 0 rings (SSSR count). The average molecular weight is 941 g/mol. The Kier molecular flexibility index (Phi) is 57.7. The number of carbonyl (C=O) groups excluding carboxylic acids is 1. The number of amides is 1. The summed E-state index contributed by atoms with van der Waals surface area (Å²) in [5.74, 6) is -0.0711. The van der Waals surface area contributed by atoms with Crippen molar-refractivity contribution in [1.29, 1.82) is 0 Å². The number of nitrogens with one attached hydrogen (secondary N) is 1.